The Bertz CT molecular complexity index is 392. The van der Waals surface area contributed by atoms with Gasteiger partial charge >= 0.3 is 5.97 Å². The Morgan fingerprint density at radius 3 is 2.72 bits per heavy atom. The molecular weight excluding hydrogens is 230 g/mol. The number of nitrogens with zero attached hydrogens (tertiary/aromatic N) is 1. The maximum atomic E-state index is 10.6. The van der Waals surface area contributed by atoms with Gasteiger partial charge in [0.05, 0.1) is 13.5 Å². The van der Waals surface area contributed by atoms with Gasteiger partial charge in [-0.2, -0.15) is 0 Å². The number of carboxylic acids is 1. The molecule has 0 aromatic heterocycles. The van der Waals surface area contributed by atoms with Crippen molar-refractivity contribution in [1.29, 1.82) is 0 Å². The summed E-state index contributed by atoms with van der Waals surface area (Å²) in [5.74, 6) is 0.128. The summed E-state index contributed by atoms with van der Waals surface area (Å²) in [4.78, 5) is 12.7. The van der Waals surface area contributed by atoms with Crippen molar-refractivity contribution in [3.63, 3.8) is 0 Å². The number of likely N-dealkylation sites (N-methyl/N-ethyl adjacent to an activating group) is 1. The van der Waals surface area contributed by atoms with E-state index >= 15 is 0 Å². The topological polar surface area (TPSA) is 49.8 Å². The van der Waals surface area contributed by atoms with Crippen molar-refractivity contribution in [2.24, 2.45) is 0 Å². The molecule has 1 N–H and O–H groups in total. The summed E-state index contributed by atoms with van der Waals surface area (Å²) < 4.78 is 5.29. The Balaban J connectivity index is 2.51. The molecule has 18 heavy (non-hydrogen) atoms. The van der Waals surface area contributed by atoms with Crippen molar-refractivity contribution in [2.75, 3.05) is 20.7 Å². The molecule has 1 aromatic carbocycles. The van der Waals surface area contributed by atoms with E-state index in [1.807, 2.05) is 38.2 Å². The van der Waals surface area contributed by atoms with Crippen molar-refractivity contribution in [3.05, 3.63) is 29.8 Å². The van der Waals surface area contributed by atoms with Crippen LogP contribution < -0.4 is 4.74 Å². The van der Waals surface area contributed by atoms with E-state index in [-0.39, 0.29) is 12.5 Å². The largest absolute Gasteiger partial charge is 0.496 e. The highest BCUT2D eigenvalue weighted by Crippen LogP contribution is 2.18. The predicted molar refractivity (Wildman–Crippen MR) is 71.0 cm³/mol. The van der Waals surface area contributed by atoms with Crippen LogP contribution in [-0.4, -0.2) is 42.7 Å². The molecular formula is C14H21NO3. The zero-order valence-corrected chi connectivity index (χ0v) is 11.2. The fourth-order valence-corrected chi connectivity index (χ4v) is 1.84. The number of benzene rings is 1. The molecule has 0 fully saturated rings. The minimum atomic E-state index is -0.758. The van der Waals surface area contributed by atoms with Gasteiger partial charge in [0.2, 0.25) is 0 Å². The third kappa shape index (κ3) is 4.37. The van der Waals surface area contributed by atoms with Crippen molar-refractivity contribution in [3.8, 4) is 5.75 Å². The smallest absolute Gasteiger partial charge is 0.304 e. The number of rotatable bonds is 7. The van der Waals surface area contributed by atoms with Gasteiger partial charge in [-0.3, -0.25) is 4.79 Å². The third-order valence-corrected chi connectivity index (χ3v) is 3.15. The fraction of sp³-hybridized carbons (Fsp3) is 0.500. The van der Waals surface area contributed by atoms with E-state index in [1.54, 1.807) is 7.11 Å². The first-order valence-corrected chi connectivity index (χ1v) is 6.08. The van der Waals surface area contributed by atoms with E-state index in [9.17, 15) is 4.79 Å². The van der Waals surface area contributed by atoms with Crippen molar-refractivity contribution in [2.45, 2.75) is 25.8 Å². The molecule has 4 nitrogen and oxygen atoms in total. The minimum Gasteiger partial charge on any atom is -0.496 e. The van der Waals surface area contributed by atoms with Crippen LogP contribution in [0, 0.1) is 0 Å². The summed E-state index contributed by atoms with van der Waals surface area (Å²) >= 11 is 0. The normalized spacial score (nSPS) is 12.4. The molecule has 0 heterocycles. The molecule has 0 amide bonds. The molecule has 0 saturated heterocycles. The number of methoxy groups -OCH3 is 1. The lowest BCUT2D eigenvalue weighted by Gasteiger charge is -2.23. The number of hydrogen-bond acceptors (Lipinski definition) is 3. The van der Waals surface area contributed by atoms with Crippen LogP contribution >= 0.6 is 0 Å². The van der Waals surface area contributed by atoms with Crippen molar-refractivity contribution < 1.29 is 14.6 Å². The SMILES string of the molecule is COc1ccccc1CCN(C)C(C)CC(=O)O. The predicted octanol–water partition coefficient (Wildman–Crippen LogP) is 2.03. The highest BCUT2D eigenvalue weighted by atomic mass is 16.5. The van der Waals surface area contributed by atoms with E-state index in [0.717, 1.165) is 24.3 Å². The average Bonchev–Trinajstić information content (AvgIpc) is 2.35. The summed E-state index contributed by atoms with van der Waals surface area (Å²) in [5, 5.41) is 8.75. The second-order valence-corrected chi connectivity index (χ2v) is 4.49. The first-order valence-electron chi connectivity index (χ1n) is 6.08. The van der Waals surface area contributed by atoms with Crippen molar-refractivity contribution >= 4 is 5.97 Å². The molecule has 1 aromatic rings. The van der Waals surface area contributed by atoms with Crippen LogP contribution in [0.3, 0.4) is 0 Å². The van der Waals surface area contributed by atoms with E-state index in [4.69, 9.17) is 9.84 Å². The van der Waals surface area contributed by atoms with Crippen LogP contribution in [0.1, 0.15) is 18.9 Å². The maximum absolute atomic E-state index is 10.6. The van der Waals surface area contributed by atoms with Gasteiger partial charge in [-0.1, -0.05) is 18.2 Å². The molecule has 1 rings (SSSR count). The summed E-state index contributed by atoms with van der Waals surface area (Å²) in [7, 11) is 3.61. The monoisotopic (exact) mass is 251 g/mol. The molecule has 0 aliphatic rings. The molecule has 1 unspecified atom stereocenters. The van der Waals surface area contributed by atoms with Gasteiger partial charge in [0.25, 0.3) is 0 Å². The van der Waals surface area contributed by atoms with Crippen LogP contribution in [0.15, 0.2) is 24.3 Å². The van der Waals surface area contributed by atoms with E-state index in [0.29, 0.717) is 0 Å². The Kier molecular flexibility index (Phi) is 5.65. The lowest BCUT2D eigenvalue weighted by molar-refractivity contribution is -0.138. The number of hydrogen-bond donors (Lipinski definition) is 1. The minimum absolute atomic E-state index is 0.0391. The van der Waals surface area contributed by atoms with Crippen LogP contribution in [0.25, 0.3) is 0 Å². The summed E-state index contributed by atoms with van der Waals surface area (Å²) in [6, 6.07) is 7.94. The zero-order valence-electron chi connectivity index (χ0n) is 11.2. The first kappa shape index (κ1) is 14.5. The van der Waals surface area contributed by atoms with E-state index < -0.39 is 5.97 Å². The van der Waals surface area contributed by atoms with Gasteiger partial charge in [-0.05, 0) is 32.0 Å². The molecule has 0 aliphatic heterocycles. The summed E-state index contributed by atoms with van der Waals surface area (Å²) in [6.07, 6.45) is 1.02. The maximum Gasteiger partial charge on any atom is 0.304 e. The Morgan fingerprint density at radius 2 is 2.11 bits per heavy atom. The third-order valence-electron chi connectivity index (χ3n) is 3.15. The molecule has 1 atom stereocenters. The zero-order chi connectivity index (χ0) is 13.5. The Hall–Kier alpha value is -1.55. The van der Waals surface area contributed by atoms with E-state index in [2.05, 4.69) is 4.90 Å². The molecule has 0 spiro atoms. The van der Waals surface area contributed by atoms with Crippen LogP contribution in [0.2, 0.25) is 0 Å². The Morgan fingerprint density at radius 1 is 1.44 bits per heavy atom. The Labute approximate surface area is 108 Å². The molecule has 100 valence electrons. The number of carbonyl (C=O) groups is 1. The van der Waals surface area contributed by atoms with Gasteiger partial charge in [0.1, 0.15) is 5.75 Å². The average molecular weight is 251 g/mol. The number of aliphatic carboxylic acids is 1. The highest BCUT2D eigenvalue weighted by Gasteiger charge is 2.13. The van der Waals surface area contributed by atoms with Gasteiger partial charge in [0, 0.05) is 12.6 Å². The lowest BCUT2D eigenvalue weighted by atomic mass is 10.1. The lowest BCUT2D eigenvalue weighted by Crippen LogP contribution is -2.32. The van der Waals surface area contributed by atoms with Crippen LogP contribution in [0.5, 0.6) is 5.75 Å². The highest BCUT2D eigenvalue weighted by molar-refractivity contribution is 5.67. The number of carboxylic acid groups (broad SMARTS) is 1. The molecule has 0 saturated carbocycles. The molecule has 0 bridgehead atoms. The quantitative estimate of drug-likeness (QED) is 0.805. The molecule has 0 radical (unpaired) electrons. The second-order valence-electron chi connectivity index (χ2n) is 4.49. The van der Waals surface area contributed by atoms with Gasteiger partial charge in [-0.25, -0.2) is 0 Å². The van der Waals surface area contributed by atoms with E-state index in [1.165, 1.54) is 0 Å². The number of para-hydroxylation sites is 1. The molecule has 0 aliphatic carbocycles. The van der Waals surface area contributed by atoms with Crippen LogP contribution in [-0.2, 0) is 11.2 Å². The van der Waals surface area contributed by atoms with Crippen molar-refractivity contribution in [1.82, 2.24) is 4.90 Å². The van der Waals surface area contributed by atoms with Crippen LogP contribution in [0.4, 0.5) is 0 Å². The first-order chi connectivity index (χ1) is 8.54. The van der Waals surface area contributed by atoms with Gasteiger partial charge < -0.3 is 14.7 Å². The summed E-state index contributed by atoms with van der Waals surface area (Å²) in [6.45, 7) is 2.74. The number of ether oxygens (including phenoxy) is 1. The summed E-state index contributed by atoms with van der Waals surface area (Å²) in [5.41, 5.74) is 1.15. The van der Waals surface area contributed by atoms with Gasteiger partial charge in [-0.15, -0.1) is 0 Å². The second kappa shape index (κ2) is 7.01. The fourth-order valence-electron chi connectivity index (χ4n) is 1.84. The molecule has 4 heteroatoms. The standard InChI is InChI=1S/C14H21NO3/c1-11(10-14(16)17)15(2)9-8-12-6-4-5-7-13(12)18-3/h4-7,11H,8-10H2,1-3H3,(H,16,17). The van der Waals surface area contributed by atoms with Gasteiger partial charge in [0.15, 0.2) is 0 Å².